The van der Waals surface area contributed by atoms with Crippen LogP contribution in [0.5, 0.6) is 5.75 Å². The molecule has 7 heteroatoms. The Morgan fingerprint density at radius 1 is 1.22 bits per heavy atom. The number of nitrogens with one attached hydrogen (secondary N) is 1. The summed E-state index contributed by atoms with van der Waals surface area (Å²) in [6.07, 6.45) is 2.66. The predicted octanol–water partition coefficient (Wildman–Crippen LogP) is 3.36. The molecule has 2 aromatic rings. The molecule has 27 heavy (non-hydrogen) atoms. The van der Waals surface area contributed by atoms with Gasteiger partial charge < -0.3 is 15.0 Å². The van der Waals surface area contributed by atoms with Gasteiger partial charge in [0.25, 0.3) is 0 Å². The van der Waals surface area contributed by atoms with Crippen molar-refractivity contribution in [3.8, 4) is 5.75 Å². The summed E-state index contributed by atoms with van der Waals surface area (Å²) >= 11 is 0. The fourth-order valence-electron chi connectivity index (χ4n) is 3.10. The van der Waals surface area contributed by atoms with E-state index in [4.69, 9.17) is 4.74 Å². The van der Waals surface area contributed by atoms with Crippen molar-refractivity contribution in [3.05, 3.63) is 54.1 Å². The number of pyridine rings is 1. The normalized spacial score (nSPS) is 15.3. The van der Waals surface area contributed by atoms with Gasteiger partial charge in [-0.25, -0.2) is 9.18 Å². The van der Waals surface area contributed by atoms with Crippen molar-refractivity contribution >= 4 is 11.7 Å². The Morgan fingerprint density at radius 3 is 2.85 bits per heavy atom. The van der Waals surface area contributed by atoms with Crippen molar-refractivity contribution in [2.45, 2.75) is 19.9 Å². The maximum atomic E-state index is 14.2. The van der Waals surface area contributed by atoms with Crippen LogP contribution in [0, 0.1) is 5.82 Å². The lowest BCUT2D eigenvalue weighted by atomic mass is 10.3. The summed E-state index contributed by atoms with van der Waals surface area (Å²) in [6, 6.07) is 10.1. The zero-order valence-electron chi connectivity index (χ0n) is 15.5. The van der Waals surface area contributed by atoms with E-state index in [-0.39, 0.29) is 11.7 Å². The van der Waals surface area contributed by atoms with Gasteiger partial charge in [-0.3, -0.25) is 9.88 Å². The van der Waals surface area contributed by atoms with E-state index in [0.29, 0.717) is 25.4 Å². The summed E-state index contributed by atoms with van der Waals surface area (Å²) in [4.78, 5) is 20.9. The first-order chi connectivity index (χ1) is 13.2. The molecule has 6 nitrogen and oxygen atoms in total. The minimum absolute atomic E-state index is 0.165. The van der Waals surface area contributed by atoms with E-state index in [2.05, 4.69) is 15.2 Å². The number of benzene rings is 1. The van der Waals surface area contributed by atoms with Gasteiger partial charge in [-0.2, -0.15) is 0 Å². The first kappa shape index (κ1) is 19.1. The van der Waals surface area contributed by atoms with E-state index in [0.717, 1.165) is 31.7 Å². The number of carbonyl (C=O) groups is 1. The number of rotatable bonds is 5. The first-order valence-corrected chi connectivity index (χ1v) is 9.26. The minimum atomic E-state index is -0.499. The topological polar surface area (TPSA) is 57.7 Å². The molecule has 3 rings (SSSR count). The Bertz CT molecular complexity index is 757. The molecule has 0 saturated carbocycles. The van der Waals surface area contributed by atoms with Gasteiger partial charge in [-0.15, -0.1) is 0 Å². The number of carbonyl (C=O) groups excluding carboxylic acids is 1. The number of urea groups is 1. The van der Waals surface area contributed by atoms with Gasteiger partial charge in [0.2, 0.25) is 0 Å². The van der Waals surface area contributed by atoms with Gasteiger partial charge >= 0.3 is 6.03 Å². The summed E-state index contributed by atoms with van der Waals surface area (Å²) in [5, 5.41) is 2.67. The fraction of sp³-hybridized carbons (Fsp3) is 0.400. The monoisotopic (exact) mass is 372 g/mol. The Hall–Kier alpha value is -2.67. The molecule has 0 unspecified atom stereocenters. The van der Waals surface area contributed by atoms with Crippen LogP contribution in [0.3, 0.4) is 0 Å². The molecule has 1 saturated heterocycles. The average Bonchev–Trinajstić information content (AvgIpc) is 2.91. The average molecular weight is 372 g/mol. The maximum absolute atomic E-state index is 14.2. The zero-order chi connectivity index (χ0) is 19.1. The van der Waals surface area contributed by atoms with Crippen LogP contribution in [0.25, 0.3) is 0 Å². The maximum Gasteiger partial charge on any atom is 0.321 e. The highest BCUT2D eigenvalue weighted by Crippen LogP contribution is 2.21. The van der Waals surface area contributed by atoms with Crippen molar-refractivity contribution < 1.29 is 13.9 Å². The van der Waals surface area contributed by atoms with Crippen LogP contribution in [0.1, 0.15) is 19.0 Å². The number of halogens is 1. The molecule has 2 amide bonds. The van der Waals surface area contributed by atoms with Gasteiger partial charge in [0.1, 0.15) is 11.6 Å². The number of aromatic nitrogens is 1. The van der Waals surface area contributed by atoms with E-state index in [1.165, 1.54) is 12.1 Å². The van der Waals surface area contributed by atoms with Crippen molar-refractivity contribution in [2.75, 3.05) is 38.1 Å². The molecule has 0 atom stereocenters. The van der Waals surface area contributed by atoms with Crippen LogP contribution in [-0.4, -0.2) is 53.6 Å². The van der Waals surface area contributed by atoms with Crippen LogP contribution in [0.15, 0.2) is 42.6 Å². The standard InChI is InChI=1S/C20H25FN4O2/c1-2-27-17-7-8-19(18(21)14-17)23-20(26)25-11-5-10-24(12-13-25)15-16-6-3-4-9-22-16/h3-4,6-9,14H,2,5,10-13,15H2,1H3,(H,23,26). The van der Waals surface area contributed by atoms with Crippen molar-refractivity contribution in [1.29, 1.82) is 0 Å². The number of hydrogen-bond acceptors (Lipinski definition) is 4. The fourth-order valence-corrected chi connectivity index (χ4v) is 3.10. The molecule has 1 N–H and O–H groups in total. The number of ether oxygens (including phenoxy) is 1. The second-order valence-corrected chi connectivity index (χ2v) is 6.44. The third-order valence-electron chi connectivity index (χ3n) is 4.48. The number of anilines is 1. The van der Waals surface area contributed by atoms with Gasteiger partial charge in [0, 0.05) is 45.0 Å². The molecular weight excluding hydrogens is 347 g/mol. The molecule has 1 aromatic carbocycles. The Morgan fingerprint density at radius 2 is 2.11 bits per heavy atom. The Kier molecular flexibility index (Phi) is 6.59. The first-order valence-electron chi connectivity index (χ1n) is 9.26. The third kappa shape index (κ3) is 5.40. The number of amides is 2. The quantitative estimate of drug-likeness (QED) is 0.874. The van der Waals surface area contributed by atoms with E-state index < -0.39 is 5.82 Å². The lowest BCUT2D eigenvalue weighted by Crippen LogP contribution is -2.38. The molecule has 0 radical (unpaired) electrons. The van der Waals surface area contributed by atoms with Gasteiger partial charge in [-0.1, -0.05) is 6.07 Å². The van der Waals surface area contributed by atoms with Crippen molar-refractivity contribution in [2.24, 2.45) is 0 Å². The van der Waals surface area contributed by atoms with Crippen molar-refractivity contribution in [3.63, 3.8) is 0 Å². The smallest absolute Gasteiger partial charge is 0.321 e. The molecule has 144 valence electrons. The molecule has 0 spiro atoms. The van der Waals surface area contributed by atoms with Crippen LogP contribution in [0.2, 0.25) is 0 Å². The molecule has 1 aliphatic rings. The van der Waals surface area contributed by atoms with E-state index >= 15 is 0 Å². The van der Waals surface area contributed by atoms with Gasteiger partial charge in [0.05, 0.1) is 18.0 Å². The second kappa shape index (κ2) is 9.32. The molecule has 2 heterocycles. The summed E-state index contributed by atoms with van der Waals surface area (Å²) < 4.78 is 19.4. The van der Waals surface area contributed by atoms with Crippen LogP contribution >= 0.6 is 0 Å². The van der Waals surface area contributed by atoms with E-state index in [1.807, 2.05) is 25.1 Å². The molecule has 1 aromatic heterocycles. The molecule has 1 aliphatic heterocycles. The Labute approximate surface area is 158 Å². The molecule has 1 fully saturated rings. The number of hydrogen-bond donors (Lipinski definition) is 1. The lowest BCUT2D eigenvalue weighted by molar-refractivity contribution is 0.210. The molecule has 0 aliphatic carbocycles. The molecule has 0 bridgehead atoms. The SMILES string of the molecule is CCOc1ccc(NC(=O)N2CCCN(Cc3ccccn3)CC2)c(F)c1. The molecular formula is C20H25FN4O2. The van der Waals surface area contributed by atoms with Crippen LogP contribution < -0.4 is 10.1 Å². The van der Waals surface area contributed by atoms with Gasteiger partial charge in [0.15, 0.2) is 0 Å². The summed E-state index contributed by atoms with van der Waals surface area (Å²) in [5.41, 5.74) is 1.19. The summed E-state index contributed by atoms with van der Waals surface area (Å²) in [7, 11) is 0. The van der Waals surface area contributed by atoms with Crippen LogP contribution in [0.4, 0.5) is 14.9 Å². The summed E-state index contributed by atoms with van der Waals surface area (Å²) in [5.74, 6) is -0.0474. The predicted molar refractivity (Wildman–Crippen MR) is 102 cm³/mol. The largest absolute Gasteiger partial charge is 0.494 e. The highest BCUT2D eigenvalue weighted by atomic mass is 19.1. The van der Waals surface area contributed by atoms with Gasteiger partial charge in [-0.05, 0) is 37.6 Å². The zero-order valence-corrected chi connectivity index (χ0v) is 15.5. The third-order valence-corrected chi connectivity index (χ3v) is 4.48. The van der Waals surface area contributed by atoms with Crippen LogP contribution in [-0.2, 0) is 6.54 Å². The lowest BCUT2D eigenvalue weighted by Gasteiger charge is -2.22. The summed E-state index contributed by atoms with van der Waals surface area (Å²) in [6.45, 7) is 5.97. The van der Waals surface area contributed by atoms with E-state index in [1.54, 1.807) is 17.2 Å². The van der Waals surface area contributed by atoms with Crippen molar-refractivity contribution in [1.82, 2.24) is 14.8 Å². The minimum Gasteiger partial charge on any atom is -0.494 e. The number of nitrogens with zero attached hydrogens (tertiary/aromatic N) is 3. The Balaban J connectivity index is 1.55. The highest BCUT2D eigenvalue weighted by molar-refractivity contribution is 5.89. The van der Waals surface area contributed by atoms with E-state index in [9.17, 15) is 9.18 Å². The second-order valence-electron chi connectivity index (χ2n) is 6.44. The highest BCUT2D eigenvalue weighted by Gasteiger charge is 2.20.